The van der Waals surface area contributed by atoms with Crippen molar-refractivity contribution >= 4 is 5.65 Å². The van der Waals surface area contributed by atoms with Crippen molar-refractivity contribution < 1.29 is 0 Å². The van der Waals surface area contributed by atoms with E-state index in [2.05, 4.69) is 34.2 Å². The normalized spacial score (nSPS) is 10.9. The molecule has 3 rings (SSSR count). The predicted molar refractivity (Wildman–Crippen MR) is 71.6 cm³/mol. The van der Waals surface area contributed by atoms with Crippen molar-refractivity contribution in [3.63, 3.8) is 0 Å². The van der Waals surface area contributed by atoms with Crippen LogP contribution in [0.15, 0.2) is 48.9 Å². The lowest BCUT2D eigenvalue weighted by molar-refractivity contribution is 0.901. The van der Waals surface area contributed by atoms with E-state index in [0.717, 1.165) is 29.9 Å². The van der Waals surface area contributed by atoms with Gasteiger partial charge in [-0.05, 0) is 25.3 Å². The third-order valence-corrected chi connectivity index (χ3v) is 3.06. The summed E-state index contributed by atoms with van der Waals surface area (Å²) in [6, 6.07) is 10.5. The smallest absolute Gasteiger partial charge is 0.158 e. The number of aryl methyl sites for hydroxylation is 3. The molecule has 0 N–H and O–H groups in total. The van der Waals surface area contributed by atoms with E-state index < -0.39 is 0 Å². The van der Waals surface area contributed by atoms with Crippen molar-refractivity contribution in [3.8, 4) is 0 Å². The molecule has 2 heterocycles. The summed E-state index contributed by atoms with van der Waals surface area (Å²) in [6.45, 7) is 2.01. The minimum absolute atomic E-state index is 0.921. The van der Waals surface area contributed by atoms with Crippen molar-refractivity contribution in [3.05, 3.63) is 65.9 Å². The summed E-state index contributed by atoms with van der Waals surface area (Å²) < 4.78 is 2.04. The number of hydrogen-bond donors (Lipinski definition) is 0. The molecule has 0 unspecified atom stereocenters. The Hall–Kier alpha value is -2.16. The molecule has 90 valence electrons. The first-order valence-corrected chi connectivity index (χ1v) is 6.16. The van der Waals surface area contributed by atoms with E-state index in [-0.39, 0.29) is 0 Å². The Labute approximate surface area is 106 Å². The van der Waals surface area contributed by atoms with Crippen molar-refractivity contribution in [2.75, 3.05) is 0 Å². The fourth-order valence-corrected chi connectivity index (χ4v) is 2.18. The lowest BCUT2D eigenvalue weighted by atomic mass is 10.1. The van der Waals surface area contributed by atoms with Crippen molar-refractivity contribution in [1.82, 2.24) is 14.4 Å². The van der Waals surface area contributed by atoms with E-state index >= 15 is 0 Å². The first kappa shape index (κ1) is 11.0. The van der Waals surface area contributed by atoms with Gasteiger partial charge in [0.05, 0.1) is 11.4 Å². The number of imidazole rings is 1. The molecular formula is C15H15N3. The highest BCUT2D eigenvalue weighted by Gasteiger charge is 2.05. The molecule has 0 saturated heterocycles. The molecule has 0 fully saturated rings. The number of rotatable bonds is 3. The molecule has 3 aromatic rings. The SMILES string of the molecule is Cc1cn2ccnc(CCc3ccccc3)c2n1. The molecule has 0 spiro atoms. The molecule has 0 aliphatic carbocycles. The highest BCUT2D eigenvalue weighted by atomic mass is 15.0. The molecule has 0 radical (unpaired) electrons. The van der Waals surface area contributed by atoms with Crippen LogP contribution in [0.25, 0.3) is 5.65 Å². The molecule has 0 atom stereocenters. The molecule has 0 saturated carbocycles. The average molecular weight is 237 g/mol. The molecule has 0 bridgehead atoms. The van der Waals surface area contributed by atoms with Crippen LogP contribution in [-0.4, -0.2) is 14.4 Å². The number of aromatic nitrogens is 3. The molecule has 0 aliphatic heterocycles. The third-order valence-electron chi connectivity index (χ3n) is 3.06. The summed E-state index contributed by atoms with van der Waals surface area (Å²) in [5, 5.41) is 0. The summed E-state index contributed by atoms with van der Waals surface area (Å²) in [5.74, 6) is 0. The van der Waals surface area contributed by atoms with Gasteiger partial charge in [0.1, 0.15) is 0 Å². The second-order valence-corrected chi connectivity index (χ2v) is 4.47. The molecule has 0 amide bonds. The summed E-state index contributed by atoms with van der Waals surface area (Å²) in [6.07, 6.45) is 7.74. The van der Waals surface area contributed by atoms with Gasteiger partial charge in [-0.1, -0.05) is 30.3 Å². The van der Waals surface area contributed by atoms with Crippen LogP contribution >= 0.6 is 0 Å². The molecule has 2 aromatic heterocycles. The Bertz CT molecular complexity index is 656. The van der Waals surface area contributed by atoms with Gasteiger partial charge in [-0.2, -0.15) is 0 Å². The van der Waals surface area contributed by atoms with Gasteiger partial charge in [0, 0.05) is 18.6 Å². The maximum atomic E-state index is 4.53. The molecule has 1 aromatic carbocycles. The van der Waals surface area contributed by atoms with Crippen LogP contribution in [0.2, 0.25) is 0 Å². The Morgan fingerprint density at radius 2 is 1.94 bits per heavy atom. The van der Waals surface area contributed by atoms with Gasteiger partial charge >= 0.3 is 0 Å². The summed E-state index contributed by atoms with van der Waals surface area (Å²) in [4.78, 5) is 8.98. The van der Waals surface area contributed by atoms with E-state index in [1.807, 2.05) is 36.0 Å². The van der Waals surface area contributed by atoms with Gasteiger partial charge in [-0.3, -0.25) is 4.98 Å². The first-order chi connectivity index (χ1) is 8.83. The zero-order chi connectivity index (χ0) is 12.4. The van der Waals surface area contributed by atoms with E-state index in [0.29, 0.717) is 0 Å². The minimum atomic E-state index is 0.921. The zero-order valence-electron chi connectivity index (χ0n) is 10.4. The number of benzene rings is 1. The number of fused-ring (bicyclic) bond motifs is 1. The molecule has 3 nitrogen and oxygen atoms in total. The quantitative estimate of drug-likeness (QED) is 0.701. The van der Waals surface area contributed by atoms with Crippen LogP contribution in [0, 0.1) is 6.92 Å². The third kappa shape index (κ3) is 2.12. The maximum Gasteiger partial charge on any atom is 0.158 e. The Kier molecular flexibility index (Phi) is 2.81. The monoisotopic (exact) mass is 237 g/mol. The summed E-state index contributed by atoms with van der Waals surface area (Å²) >= 11 is 0. The van der Waals surface area contributed by atoms with Gasteiger partial charge in [-0.15, -0.1) is 0 Å². The van der Waals surface area contributed by atoms with Crippen LogP contribution < -0.4 is 0 Å². The van der Waals surface area contributed by atoms with E-state index in [4.69, 9.17) is 0 Å². The molecule has 0 aliphatic rings. The van der Waals surface area contributed by atoms with Crippen LogP contribution in [0.1, 0.15) is 17.0 Å². The van der Waals surface area contributed by atoms with Crippen LogP contribution in [0.5, 0.6) is 0 Å². The van der Waals surface area contributed by atoms with E-state index in [1.165, 1.54) is 5.56 Å². The van der Waals surface area contributed by atoms with Crippen molar-refractivity contribution in [1.29, 1.82) is 0 Å². The molecule has 18 heavy (non-hydrogen) atoms. The molecule has 3 heteroatoms. The van der Waals surface area contributed by atoms with Gasteiger partial charge in [-0.25, -0.2) is 4.98 Å². The largest absolute Gasteiger partial charge is 0.304 e. The lowest BCUT2D eigenvalue weighted by Gasteiger charge is -2.02. The average Bonchev–Trinajstić information content (AvgIpc) is 2.78. The van der Waals surface area contributed by atoms with Crippen LogP contribution in [-0.2, 0) is 12.8 Å². The first-order valence-electron chi connectivity index (χ1n) is 6.16. The second kappa shape index (κ2) is 4.61. The Morgan fingerprint density at radius 3 is 2.78 bits per heavy atom. The minimum Gasteiger partial charge on any atom is -0.304 e. The zero-order valence-corrected chi connectivity index (χ0v) is 10.4. The predicted octanol–water partition coefficient (Wildman–Crippen LogP) is 2.82. The fraction of sp³-hybridized carbons (Fsp3) is 0.200. The van der Waals surface area contributed by atoms with Crippen LogP contribution in [0.4, 0.5) is 0 Å². The van der Waals surface area contributed by atoms with Gasteiger partial charge in [0.15, 0.2) is 5.65 Å². The Balaban J connectivity index is 1.86. The lowest BCUT2D eigenvalue weighted by Crippen LogP contribution is -1.98. The van der Waals surface area contributed by atoms with Crippen LogP contribution in [0.3, 0.4) is 0 Å². The second-order valence-electron chi connectivity index (χ2n) is 4.47. The van der Waals surface area contributed by atoms with Gasteiger partial charge in [0.25, 0.3) is 0 Å². The van der Waals surface area contributed by atoms with Crippen molar-refractivity contribution in [2.45, 2.75) is 19.8 Å². The maximum absolute atomic E-state index is 4.53. The van der Waals surface area contributed by atoms with E-state index in [9.17, 15) is 0 Å². The molecular weight excluding hydrogens is 222 g/mol. The highest BCUT2D eigenvalue weighted by molar-refractivity contribution is 5.45. The van der Waals surface area contributed by atoms with Crippen molar-refractivity contribution in [2.24, 2.45) is 0 Å². The Morgan fingerprint density at radius 1 is 1.11 bits per heavy atom. The number of nitrogens with zero attached hydrogens (tertiary/aromatic N) is 3. The summed E-state index contributed by atoms with van der Waals surface area (Å²) in [5.41, 5.74) is 4.41. The van der Waals surface area contributed by atoms with E-state index in [1.54, 1.807) is 0 Å². The highest BCUT2D eigenvalue weighted by Crippen LogP contribution is 2.11. The summed E-state index contributed by atoms with van der Waals surface area (Å²) in [7, 11) is 0. The topological polar surface area (TPSA) is 30.2 Å². The fourth-order valence-electron chi connectivity index (χ4n) is 2.18. The van der Waals surface area contributed by atoms with Gasteiger partial charge < -0.3 is 4.40 Å². The van der Waals surface area contributed by atoms with Gasteiger partial charge in [0.2, 0.25) is 0 Å². The standard InChI is InChI=1S/C15H15N3/c1-12-11-18-10-9-16-14(15(18)17-12)8-7-13-5-3-2-4-6-13/h2-6,9-11H,7-8H2,1H3. The number of hydrogen-bond acceptors (Lipinski definition) is 2.